The number of fused-ring (bicyclic) bond motifs is 1. The molecule has 5 nitrogen and oxygen atoms in total. The number of aromatic nitrogens is 3. The van der Waals surface area contributed by atoms with Gasteiger partial charge >= 0.3 is 0 Å². The van der Waals surface area contributed by atoms with Crippen LogP contribution in [0.3, 0.4) is 0 Å². The first kappa shape index (κ1) is 18.2. The SMILES string of the molecule is Cc1ccccc1/C=C/C(=O)Nc1ccc(-c2nnc3n2CCCCC3)cc1. The van der Waals surface area contributed by atoms with Gasteiger partial charge in [-0.25, -0.2) is 0 Å². The quantitative estimate of drug-likeness (QED) is 0.679. The van der Waals surface area contributed by atoms with Crippen LogP contribution in [0, 0.1) is 6.92 Å². The van der Waals surface area contributed by atoms with Gasteiger partial charge in [-0.2, -0.15) is 0 Å². The maximum Gasteiger partial charge on any atom is 0.248 e. The van der Waals surface area contributed by atoms with Gasteiger partial charge in [-0.3, -0.25) is 4.79 Å². The molecule has 0 fully saturated rings. The minimum absolute atomic E-state index is 0.146. The molecule has 1 aliphatic rings. The van der Waals surface area contributed by atoms with Crippen LogP contribution in [-0.4, -0.2) is 20.7 Å². The molecule has 5 heteroatoms. The molecule has 0 atom stereocenters. The van der Waals surface area contributed by atoms with Crippen molar-refractivity contribution < 1.29 is 4.79 Å². The van der Waals surface area contributed by atoms with E-state index in [0.717, 1.165) is 47.0 Å². The number of hydrogen-bond acceptors (Lipinski definition) is 3. The van der Waals surface area contributed by atoms with E-state index in [1.807, 2.05) is 61.5 Å². The van der Waals surface area contributed by atoms with E-state index in [4.69, 9.17) is 0 Å². The van der Waals surface area contributed by atoms with E-state index in [1.165, 1.54) is 19.3 Å². The van der Waals surface area contributed by atoms with E-state index in [1.54, 1.807) is 6.08 Å². The fourth-order valence-electron chi connectivity index (χ4n) is 3.52. The van der Waals surface area contributed by atoms with Gasteiger partial charge in [0, 0.05) is 30.3 Å². The monoisotopic (exact) mass is 372 g/mol. The largest absolute Gasteiger partial charge is 0.323 e. The predicted molar refractivity (Wildman–Crippen MR) is 112 cm³/mol. The van der Waals surface area contributed by atoms with Crippen molar-refractivity contribution in [1.82, 2.24) is 14.8 Å². The first-order chi connectivity index (χ1) is 13.7. The second-order valence-corrected chi connectivity index (χ2v) is 7.16. The van der Waals surface area contributed by atoms with Crippen LogP contribution in [0.2, 0.25) is 0 Å². The van der Waals surface area contributed by atoms with Crippen molar-refractivity contribution >= 4 is 17.7 Å². The molecule has 2 heterocycles. The molecule has 1 N–H and O–H groups in total. The summed E-state index contributed by atoms with van der Waals surface area (Å²) in [5, 5.41) is 11.7. The third-order valence-corrected chi connectivity index (χ3v) is 5.12. The molecule has 2 aromatic carbocycles. The van der Waals surface area contributed by atoms with Crippen molar-refractivity contribution in [3.8, 4) is 11.4 Å². The summed E-state index contributed by atoms with van der Waals surface area (Å²) in [5.41, 5.74) is 3.97. The number of rotatable bonds is 4. The third-order valence-electron chi connectivity index (χ3n) is 5.12. The van der Waals surface area contributed by atoms with E-state index in [9.17, 15) is 4.79 Å². The van der Waals surface area contributed by atoms with Crippen LogP contribution in [0.25, 0.3) is 17.5 Å². The van der Waals surface area contributed by atoms with Crippen LogP contribution in [0.5, 0.6) is 0 Å². The molecule has 3 aromatic rings. The highest BCUT2D eigenvalue weighted by atomic mass is 16.1. The van der Waals surface area contributed by atoms with Crippen molar-refractivity contribution in [2.24, 2.45) is 0 Å². The van der Waals surface area contributed by atoms with Crippen molar-refractivity contribution in [3.63, 3.8) is 0 Å². The summed E-state index contributed by atoms with van der Waals surface area (Å²) in [6.07, 6.45) is 7.98. The number of carbonyl (C=O) groups is 1. The number of nitrogens with zero attached hydrogens (tertiary/aromatic N) is 3. The summed E-state index contributed by atoms with van der Waals surface area (Å²) < 4.78 is 2.23. The Labute approximate surface area is 165 Å². The predicted octanol–water partition coefficient (Wildman–Crippen LogP) is 4.63. The Morgan fingerprint density at radius 2 is 1.86 bits per heavy atom. The summed E-state index contributed by atoms with van der Waals surface area (Å²) in [5.74, 6) is 1.84. The Hall–Kier alpha value is -3.21. The molecule has 0 saturated heterocycles. The van der Waals surface area contributed by atoms with Gasteiger partial charge in [0.15, 0.2) is 5.82 Å². The van der Waals surface area contributed by atoms with E-state index >= 15 is 0 Å². The second kappa shape index (κ2) is 8.21. The number of hydrogen-bond donors (Lipinski definition) is 1. The minimum Gasteiger partial charge on any atom is -0.323 e. The summed E-state index contributed by atoms with van der Waals surface area (Å²) in [6.45, 7) is 3.00. The van der Waals surface area contributed by atoms with Crippen molar-refractivity contribution in [1.29, 1.82) is 0 Å². The first-order valence-corrected chi connectivity index (χ1v) is 9.78. The van der Waals surface area contributed by atoms with Crippen molar-refractivity contribution in [3.05, 3.63) is 71.6 Å². The number of amides is 1. The fourth-order valence-corrected chi connectivity index (χ4v) is 3.52. The van der Waals surface area contributed by atoms with Crippen LogP contribution in [0.4, 0.5) is 5.69 Å². The molecular formula is C23H24N4O. The highest BCUT2D eigenvalue weighted by molar-refractivity contribution is 6.02. The average molecular weight is 372 g/mol. The molecule has 1 amide bonds. The molecule has 0 unspecified atom stereocenters. The highest BCUT2D eigenvalue weighted by Crippen LogP contribution is 2.24. The van der Waals surface area contributed by atoms with E-state index in [0.29, 0.717) is 0 Å². The fraction of sp³-hybridized carbons (Fsp3) is 0.261. The average Bonchev–Trinajstić information content (AvgIpc) is 2.96. The molecule has 0 saturated carbocycles. The maximum atomic E-state index is 12.2. The van der Waals surface area contributed by atoms with Crippen molar-refractivity contribution in [2.45, 2.75) is 39.2 Å². The van der Waals surface area contributed by atoms with Crippen LogP contribution >= 0.6 is 0 Å². The molecule has 28 heavy (non-hydrogen) atoms. The number of nitrogens with one attached hydrogen (secondary N) is 1. The highest BCUT2D eigenvalue weighted by Gasteiger charge is 2.15. The molecule has 0 radical (unpaired) electrons. The summed E-state index contributed by atoms with van der Waals surface area (Å²) in [6, 6.07) is 15.8. The zero-order valence-corrected chi connectivity index (χ0v) is 16.1. The molecular weight excluding hydrogens is 348 g/mol. The lowest BCUT2D eigenvalue weighted by Crippen LogP contribution is -2.07. The zero-order valence-electron chi connectivity index (χ0n) is 16.1. The van der Waals surface area contributed by atoms with Crippen LogP contribution in [-0.2, 0) is 17.8 Å². The Bertz CT molecular complexity index is 1000. The number of aryl methyl sites for hydroxylation is 2. The standard InChI is InChI=1S/C23H24N4O/c1-17-7-4-5-8-18(17)12-15-22(28)24-20-13-10-19(11-14-20)23-26-25-21-9-3-2-6-16-27(21)23/h4-5,7-8,10-15H,2-3,6,9,16H2,1H3,(H,24,28)/b15-12+. The van der Waals surface area contributed by atoms with Gasteiger partial charge in [0.2, 0.25) is 5.91 Å². The van der Waals surface area contributed by atoms with Crippen LogP contribution in [0.15, 0.2) is 54.6 Å². The Balaban J connectivity index is 1.45. The van der Waals surface area contributed by atoms with Gasteiger partial charge in [0.25, 0.3) is 0 Å². The Morgan fingerprint density at radius 1 is 1.04 bits per heavy atom. The van der Waals surface area contributed by atoms with Gasteiger partial charge < -0.3 is 9.88 Å². The van der Waals surface area contributed by atoms with Gasteiger partial charge in [0.1, 0.15) is 5.82 Å². The van der Waals surface area contributed by atoms with E-state index in [2.05, 4.69) is 20.1 Å². The molecule has 142 valence electrons. The van der Waals surface area contributed by atoms with E-state index in [-0.39, 0.29) is 5.91 Å². The maximum absolute atomic E-state index is 12.2. The van der Waals surface area contributed by atoms with E-state index < -0.39 is 0 Å². The number of benzene rings is 2. The minimum atomic E-state index is -0.146. The zero-order chi connectivity index (χ0) is 19.3. The topological polar surface area (TPSA) is 59.8 Å². The van der Waals surface area contributed by atoms with Gasteiger partial charge in [-0.1, -0.05) is 30.7 Å². The number of anilines is 1. The Morgan fingerprint density at radius 3 is 2.68 bits per heavy atom. The molecule has 4 rings (SSSR count). The van der Waals surface area contributed by atoms with Gasteiger partial charge in [-0.05, 0) is 61.2 Å². The third kappa shape index (κ3) is 4.03. The normalized spacial score (nSPS) is 13.9. The second-order valence-electron chi connectivity index (χ2n) is 7.16. The molecule has 0 bridgehead atoms. The lowest BCUT2D eigenvalue weighted by molar-refractivity contribution is -0.111. The van der Waals surface area contributed by atoms with Crippen molar-refractivity contribution in [2.75, 3.05) is 5.32 Å². The Kier molecular flexibility index (Phi) is 5.33. The molecule has 0 aliphatic carbocycles. The smallest absolute Gasteiger partial charge is 0.248 e. The summed E-state index contributed by atoms with van der Waals surface area (Å²) in [4.78, 5) is 12.2. The number of carbonyl (C=O) groups excluding carboxylic acids is 1. The molecule has 1 aliphatic heterocycles. The summed E-state index contributed by atoms with van der Waals surface area (Å²) in [7, 11) is 0. The van der Waals surface area contributed by atoms with Crippen LogP contribution in [0.1, 0.15) is 36.2 Å². The van der Waals surface area contributed by atoms with Crippen LogP contribution < -0.4 is 5.32 Å². The van der Waals surface area contributed by atoms with Gasteiger partial charge in [-0.15, -0.1) is 10.2 Å². The lowest BCUT2D eigenvalue weighted by atomic mass is 10.1. The lowest BCUT2D eigenvalue weighted by Gasteiger charge is -2.08. The summed E-state index contributed by atoms with van der Waals surface area (Å²) >= 11 is 0. The molecule has 1 aromatic heterocycles. The molecule has 0 spiro atoms. The first-order valence-electron chi connectivity index (χ1n) is 9.78. The van der Waals surface area contributed by atoms with Gasteiger partial charge in [0.05, 0.1) is 0 Å².